The number of hydrogen-bond donors (Lipinski definition) is 2. The van der Waals surface area contributed by atoms with Crippen LogP contribution in [-0.4, -0.2) is 74.0 Å². The average Bonchev–Trinajstić information content (AvgIpc) is 3.63. The fourth-order valence-electron chi connectivity index (χ4n) is 4.64. The van der Waals surface area contributed by atoms with Gasteiger partial charge in [0.05, 0.1) is 17.9 Å². The average molecular weight is 484 g/mol. The van der Waals surface area contributed by atoms with Crippen LogP contribution in [0.25, 0.3) is 0 Å². The van der Waals surface area contributed by atoms with Gasteiger partial charge in [-0.1, -0.05) is 30.3 Å². The van der Waals surface area contributed by atoms with Gasteiger partial charge in [0, 0.05) is 57.7 Å². The Hall–Kier alpha value is -4.12. The Bertz CT molecular complexity index is 1260. The van der Waals surface area contributed by atoms with Crippen molar-refractivity contribution in [1.82, 2.24) is 40.0 Å². The zero-order valence-corrected chi connectivity index (χ0v) is 20.0. The van der Waals surface area contributed by atoms with Gasteiger partial charge in [0.1, 0.15) is 6.33 Å². The van der Waals surface area contributed by atoms with E-state index in [9.17, 15) is 0 Å². The van der Waals surface area contributed by atoms with Gasteiger partial charge in [-0.3, -0.25) is 4.68 Å². The van der Waals surface area contributed by atoms with E-state index in [1.807, 2.05) is 35.5 Å². The lowest BCUT2D eigenvalue weighted by Gasteiger charge is -2.34. The molecule has 2 aliphatic rings. The van der Waals surface area contributed by atoms with Crippen LogP contribution in [0.3, 0.4) is 0 Å². The van der Waals surface area contributed by atoms with Crippen LogP contribution < -0.4 is 20.4 Å². The molecule has 6 rings (SSSR count). The minimum Gasteiger partial charge on any atom is -0.337 e. The first-order valence-electron chi connectivity index (χ1n) is 12.4. The fourth-order valence-corrected chi connectivity index (χ4v) is 4.64. The summed E-state index contributed by atoms with van der Waals surface area (Å²) in [4.78, 5) is 27.0. The summed E-state index contributed by atoms with van der Waals surface area (Å²) < 4.78 is 2.00. The second-order valence-electron chi connectivity index (χ2n) is 9.12. The van der Waals surface area contributed by atoms with Gasteiger partial charge < -0.3 is 20.4 Å². The van der Waals surface area contributed by atoms with E-state index in [-0.39, 0.29) is 0 Å². The van der Waals surface area contributed by atoms with E-state index in [0.717, 1.165) is 69.3 Å². The third kappa shape index (κ3) is 5.10. The first kappa shape index (κ1) is 22.4. The summed E-state index contributed by atoms with van der Waals surface area (Å²) in [5.41, 5.74) is 3.24. The van der Waals surface area contributed by atoms with Crippen molar-refractivity contribution in [3.63, 3.8) is 0 Å². The summed E-state index contributed by atoms with van der Waals surface area (Å²) in [6.07, 6.45) is 11.1. The first-order valence-corrected chi connectivity index (χ1v) is 12.4. The van der Waals surface area contributed by atoms with Crippen molar-refractivity contribution in [1.29, 1.82) is 0 Å². The van der Waals surface area contributed by atoms with E-state index in [4.69, 9.17) is 0 Å². The highest BCUT2D eigenvalue weighted by atomic mass is 15.4. The molecule has 4 aromatic rings. The van der Waals surface area contributed by atoms with E-state index in [1.54, 1.807) is 6.33 Å². The third-order valence-electron chi connectivity index (χ3n) is 6.61. The Balaban J connectivity index is 1.04. The summed E-state index contributed by atoms with van der Waals surface area (Å²) in [6.45, 7) is 5.15. The lowest BCUT2D eigenvalue weighted by Crippen LogP contribution is -2.47. The van der Waals surface area contributed by atoms with Crippen LogP contribution in [0.15, 0.2) is 61.4 Å². The second kappa shape index (κ2) is 10.2. The Morgan fingerprint density at radius 3 is 2.39 bits per heavy atom. The molecule has 0 saturated carbocycles. The molecule has 0 amide bonds. The lowest BCUT2D eigenvalue weighted by molar-refractivity contribution is 0.491. The standard InChI is InChI=1S/C25H29N11/c1-2-4-19(5-3-1)12-20-13-27-24(28-14-20)34-8-10-35(11-9-34)25-30-18-29-23(33-25)32-21-15-31-36(17-21)22-6-7-26-16-22/h1-5,13-15,17-18,22,26H,6-12,16H2,(H,29,30,32,33)/t22-/m0/s1. The molecular formula is C25H29N11. The van der Waals surface area contributed by atoms with Gasteiger partial charge in [-0.2, -0.15) is 10.1 Å². The van der Waals surface area contributed by atoms with Gasteiger partial charge in [-0.25, -0.2) is 19.9 Å². The Labute approximate surface area is 209 Å². The van der Waals surface area contributed by atoms with E-state index >= 15 is 0 Å². The molecule has 1 aromatic carbocycles. The molecule has 1 atom stereocenters. The highest BCUT2D eigenvalue weighted by Crippen LogP contribution is 2.20. The molecule has 0 unspecified atom stereocenters. The van der Waals surface area contributed by atoms with Crippen molar-refractivity contribution in [3.05, 3.63) is 72.6 Å². The maximum absolute atomic E-state index is 4.64. The number of rotatable bonds is 7. The van der Waals surface area contributed by atoms with E-state index < -0.39 is 0 Å². The van der Waals surface area contributed by atoms with E-state index in [2.05, 4.69) is 74.7 Å². The van der Waals surface area contributed by atoms with Crippen LogP contribution in [0, 0.1) is 0 Å². The fraction of sp³-hybridized carbons (Fsp3) is 0.360. The molecule has 2 N–H and O–H groups in total. The SMILES string of the molecule is c1ccc(Cc2cnc(N3CCN(c4ncnc(Nc5cnn([C@H]6CCNC6)c5)n4)CC3)nc2)cc1. The van der Waals surface area contributed by atoms with Crippen molar-refractivity contribution >= 4 is 23.5 Å². The first-order chi connectivity index (χ1) is 17.8. The lowest BCUT2D eigenvalue weighted by atomic mass is 10.1. The number of anilines is 4. The van der Waals surface area contributed by atoms with Crippen molar-refractivity contribution in [3.8, 4) is 0 Å². The molecule has 0 spiro atoms. The molecular weight excluding hydrogens is 454 g/mol. The van der Waals surface area contributed by atoms with Crippen LogP contribution in [0.2, 0.25) is 0 Å². The number of hydrogen-bond acceptors (Lipinski definition) is 10. The summed E-state index contributed by atoms with van der Waals surface area (Å²) in [5.74, 6) is 1.95. The van der Waals surface area contributed by atoms with Crippen LogP contribution in [0.4, 0.5) is 23.5 Å². The molecule has 0 radical (unpaired) electrons. The van der Waals surface area contributed by atoms with Crippen LogP contribution in [0.1, 0.15) is 23.6 Å². The molecule has 11 heteroatoms. The molecule has 3 aromatic heterocycles. The monoisotopic (exact) mass is 483 g/mol. The van der Waals surface area contributed by atoms with Gasteiger partial charge in [0.15, 0.2) is 0 Å². The maximum Gasteiger partial charge on any atom is 0.232 e. The summed E-state index contributed by atoms with van der Waals surface area (Å²) in [7, 11) is 0. The van der Waals surface area contributed by atoms with E-state index in [1.165, 1.54) is 5.56 Å². The van der Waals surface area contributed by atoms with Gasteiger partial charge in [0.25, 0.3) is 0 Å². The quantitative estimate of drug-likeness (QED) is 0.405. The summed E-state index contributed by atoms with van der Waals surface area (Å²) in [5, 5.41) is 11.1. The minimum atomic E-state index is 0.398. The molecule has 5 heterocycles. The van der Waals surface area contributed by atoms with Crippen molar-refractivity contribution in [2.24, 2.45) is 0 Å². The molecule has 11 nitrogen and oxygen atoms in total. The molecule has 2 saturated heterocycles. The Morgan fingerprint density at radius 1 is 0.861 bits per heavy atom. The third-order valence-corrected chi connectivity index (χ3v) is 6.61. The number of piperazine rings is 1. The highest BCUT2D eigenvalue weighted by Gasteiger charge is 2.22. The normalized spacial score (nSPS) is 17.9. The van der Waals surface area contributed by atoms with Crippen molar-refractivity contribution in [2.45, 2.75) is 18.9 Å². The van der Waals surface area contributed by atoms with Crippen LogP contribution >= 0.6 is 0 Å². The predicted molar refractivity (Wildman–Crippen MR) is 138 cm³/mol. The number of aromatic nitrogens is 7. The smallest absolute Gasteiger partial charge is 0.232 e. The highest BCUT2D eigenvalue weighted by molar-refractivity contribution is 5.52. The second-order valence-corrected chi connectivity index (χ2v) is 9.12. The molecule has 36 heavy (non-hydrogen) atoms. The van der Waals surface area contributed by atoms with Gasteiger partial charge in [0.2, 0.25) is 17.8 Å². The zero-order valence-electron chi connectivity index (χ0n) is 20.0. The topological polar surface area (TPSA) is 113 Å². The largest absolute Gasteiger partial charge is 0.337 e. The Kier molecular flexibility index (Phi) is 6.36. The van der Waals surface area contributed by atoms with Crippen LogP contribution in [-0.2, 0) is 6.42 Å². The van der Waals surface area contributed by atoms with Crippen LogP contribution in [0.5, 0.6) is 0 Å². The predicted octanol–water partition coefficient (Wildman–Crippen LogP) is 2.05. The van der Waals surface area contributed by atoms with Gasteiger partial charge in [-0.15, -0.1) is 0 Å². The maximum atomic E-state index is 4.64. The molecule has 0 aliphatic carbocycles. The van der Waals surface area contributed by atoms with Gasteiger partial charge >= 0.3 is 0 Å². The Morgan fingerprint density at radius 2 is 1.64 bits per heavy atom. The van der Waals surface area contributed by atoms with Crippen molar-refractivity contribution < 1.29 is 0 Å². The molecule has 0 bridgehead atoms. The molecule has 184 valence electrons. The summed E-state index contributed by atoms with van der Waals surface area (Å²) >= 11 is 0. The van der Waals surface area contributed by atoms with Gasteiger partial charge in [-0.05, 0) is 24.1 Å². The molecule has 2 aliphatic heterocycles. The molecule has 2 fully saturated rings. The van der Waals surface area contributed by atoms with Crippen molar-refractivity contribution in [2.75, 3.05) is 54.4 Å². The number of nitrogens with one attached hydrogen (secondary N) is 2. The number of benzene rings is 1. The summed E-state index contributed by atoms with van der Waals surface area (Å²) in [6, 6.07) is 10.8. The zero-order chi connectivity index (χ0) is 24.2. The number of nitrogens with zero attached hydrogens (tertiary/aromatic N) is 9. The van der Waals surface area contributed by atoms with E-state index in [0.29, 0.717) is 17.9 Å². The minimum absolute atomic E-state index is 0.398.